The van der Waals surface area contributed by atoms with E-state index in [1.54, 1.807) is 7.05 Å². The van der Waals surface area contributed by atoms with Crippen LogP contribution in [0.4, 0.5) is 19.0 Å². The fourth-order valence-electron chi connectivity index (χ4n) is 4.07. The number of amides is 1. The van der Waals surface area contributed by atoms with E-state index in [-0.39, 0.29) is 35.7 Å². The lowest BCUT2D eigenvalue weighted by Gasteiger charge is -2.40. The van der Waals surface area contributed by atoms with Crippen molar-refractivity contribution in [2.45, 2.75) is 44.8 Å². The van der Waals surface area contributed by atoms with E-state index in [4.69, 9.17) is 0 Å². The van der Waals surface area contributed by atoms with Gasteiger partial charge in [0.25, 0.3) is 0 Å². The number of rotatable bonds is 5. The van der Waals surface area contributed by atoms with E-state index in [1.165, 1.54) is 17.1 Å². The maximum atomic E-state index is 12.8. The molecule has 1 amide bonds. The number of aryl methyl sites for hydroxylation is 1. The third kappa shape index (κ3) is 4.54. The van der Waals surface area contributed by atoms with Crippen molar-refractivity contribution in [2.24, 2.45) is 13.0 Å². The zero-order chi connectivity index (χ0) is 23.0. The lowest BCUT2D eigenvalue weighted by atomic mass is 10.1. The second-order valence-corrected chi connectivity index (χ2v) is 8.39. The Balaban J connectivity index is 1.59. The van der Waals surface area contributed by atoms with Crippen LogP contribution >= 0.6 is 0 Å². The number of anilines is 1. The normalized spacial score (nSPS) is 19.2. The van der Waals surface area contributed by atoms with Crippen LogP contribution in [0.1, 0.15) is 37.4 Å². The minimum Gasteiger partial charge on any atom is -0.352 e. The molecular weight excluding hydrogens is 423 g/mol. The molecule has 32 heavy (non-hydrogen) atoms. The molecule has 0 spiro atoms. The standard InChI is InChI=1S/C21H24F3N7O/c1-13-12-30(7-8-31(13)20(32)14-3-4-14)19-15(9-25)10-26-18(28-19)16-11-27-29(2)17(16)5-6-21(22,23)24/h10-11,13-14H,3-8,12H2,1-2H3. The molecule has 0 bridgehead atoms. The van der Waals surface area contributed by atoms with Crippen LogP contribution in [0, 0.1) is 17.2 Å². The molecule has 11 heteroatoms. The van der Waals surface area contributed by atoms with Crippen molar-refractivity contribution in [3.63, 3.8) is 0 Å². The number of nitriles is 1. The summed E-state index contributed by atoms with van der Waals surface area (Å²) >= 11 is 0. The number of carbonyl (C=O) groups is 1. The molecule has 8 nitrogen and oxygen atoms in total. The van der Waals surface area contributed by atoms with E-state index in [9.17, 15) is 23.2 Å². The quantitative estimate of drug-likeness (QED) is 0.700. The molecule has 1 aliphatic carbocycles. The van der Waals surface area contributed by atoms with E-state index in [2.05, 4.69) is 21.1 Å². The highest BCUT2D eigenvalue weighted by atomic mass is 19.4. The van der Waals surface area contributed by atoms with Gasteiger partial charge in [-0.1, -0.05) is 0 Å². The van der Waals surface area contributed by atoms with Gasteiger partial charge < -0.3 is 9.80 Å². The predicted octanol–water partition coefficient (Wildman–Crippen LogP) is 2.69. The maximum absolute atomic E-state index is 12.8. The highest BCUT2D eigenvalue weighted by molar-refractivity contribution is 5.81. The molecule has 1 saturated heterocycles. The first-order valence-electron chi connectivity index (χ1n) is 10.6. The van der Waals surface area contributed by atoms with E-state index in [0.29, 0.717) is 36.7 Å². The Bertz CT molecular complexity index is 1050. The molecule has 1 saturated carbocycles. The Morgan fingerprint density at radius 1 is 1.28 bits per heavy atom. The van der Waals surface area contributed by atoms with Gasteiger partial charge >= 0.3 is 6.18 Å². The van der Waals surface area contributed by atoms with E-state index in [0.717, 1.165) is 12.8 Å². The Labute approximate surface area is 183 Å². The van der Waals surface area contributed by atoms with Gasteiger partial charge in [0.05, 0.1) is 18.0 Å². The summed E-state index contributed by atoms with van der Waals surface area (Å²) in [5.74, 6) is 0.984. The summed E-state index contributed by atoms with van der Waals surface area (Å²) in [4.78, 5) is 25.1. The van der Waals surface area contributed by atoms with Crippen LogP contribution < -0.4 is 4.90 Å². The highest BCUT2D eigenvalue weighted by Crippen LogP contribution is 2.33. The van der Waals surface area contributed by atoms with Crippen LogP contribution in [0.3, 0.4) is 0 Å². The number of nitrogens with zero attached hydrogens (tertiary/aromatic N) is 7. The minimum atomic E-state index is -4.29. The number of carbonyl (C=O) groups excluding carboxylic acids is 1. The van der Waals surface area contributed by atoms with E-state index < -0.39 is 12.6 Å². The molecule has 1 aliphatic heterocycles. The lowest BCUT2D eigenvalue weighted by molar-refractivity contribution is -0.135. The molecule has 2 aromatic heterocycles. The summed E-state index contributed by atoms with van der Waals surface area (Å²) in [6, 6.07) is 2.06. The molecule has 0 radical (unpaired) electrons. The zero-order valence-electron chi connectivity index (χ0n) is 17.9. The Morgan fingerprint density at radius 3 is 2.66 bits per heavy atom. The van der Waals surface area contributed by atoms with Crippen LogP contribution in [0.25, 0.3) is 11.4 Å². The molecule has 3 heterocycles. The van der Waals surface area contributed by atoms with Gasteiger partial charge in [-0.15, -0.1) is 0 Å². The summed E-state index contributed by atoms with van der Waals surface area (Å²) in [5.41, 5.74) is 1.08. The lowest BCUT2D eigenvalue weighted by Crippen LogP contribution is -2.54. The van der Waals surface area contributed by atoms with Gasteiger partial charge in [0, 0.05) is 50.8 Å². The summed E-state index contributed by atoms with van der Waals surface area (Å²) < 4.78 is 39.7. The second-order valence-electron chi connectivity index (χ2n) is 8.39. The molecule has 2 aliphatic rings. The number of halogens is 3. The summed E-state index contributed by atoms with van der Waals surface area (Å²) in [7, 11) is 1.58. The molecule has 2 aromatic rings. The fraction of sp³-hybridized carbons (Fsp3) is 0.571. The van der Waals surface area contributed by atoms with Crippen LogP contribution in [-0.2, 0) is 18.3 Å². The average molecular weight is 447 g/mol. The summed E-state index contributed by atoms with van der Waals surface area (Å²) in [6.45, 7) is 3.53. The molecule has 0 aromatic carbocycles. The third-order valence-corrected chi connectivity index (χ3v) is 5.97. The van der Waals surface area contributed by atoms with Gasteiger partial charge in [0.15, 0.2) is 11.6 Å². The third-order valence-electron chi connectivity index (χ3n) is 5.97. The minimum absolute atomic E-state index is 0.0393. The zero-order valence-corrected chi connectivity index (χ0v) is 17.9. The van der Waals surface area contributed by atoms with Crippen molar-refractivity contribution in [2.75, 3.05) is 24.5 Å². The molecule has 0 N–H and O–H groups in total. The first kappa shape index (κ1) is 22.0. The van der Waals surface area contributed by atoms with Gasteiger partial charge in [-0.2, -0.15) is 23.5 Å². The van der Waals surface area contributed by atoms with Crippen molar-refractivity contribution in [3.8, 4) is 17.5 Å². The highest BCUT2D eigenvalue weighted by Gasteiger charge is 2.38. The van der Waals surface area contributed by atoms with Gasteiger partial charge in [0.2, 0.25) is 5.91 Å². The van der Waals surface area contributed by atoms with E-state index >= 15 is 0 Å². The number of piperazine rings is 1. The Kier molecular flexibility index (Phi) is 5.79. The molecule has 2 fully saturated rings. The van der Waals surface area contributed by atoms with Gasteiger partial charge in [-0.05, 0) is 26.2 Å². The topological polar surface area (TPSA) is 90.9 Å². The largest absolute Gasteiger partial charge is 0.389 e. The number of hydrogen-bond donors (Lipinski definition) is 0. The fourth-order valence-corrected chi connectivity index (χ4v) is 4.07. The molecule has 1 unspecified atom stereocenters. The van der Waals surface area contributed by atoms with Crippen LogP contribution in [-0.4, -0.2) is 62.4 Å². The van der Waals surface area contributed by atoms with E-state index in [1.807, 2.05) is 16.7 Å². The number of aromatic nitrogens is 4. The summed E-state index contributed by atoms with van der Waals surface area (Å²) in [6.07, 6.45) is -0.769. The SMILES string of the molecule is CC1CN(c2nc(-c3cnn(C)c3CCC(F)(F)F)ncc2C#N)CCN1C(=O)C1CC1. The van der Waals surface area contributed by atoms with Gasteiger partial charge in [0.1, 0.15) is 11.6 Å². The Hall–Kier alpha value is -3.16. The first-order chi connectivity index (χ1) is 15.2. The monoisotopic (exact) mass is 447 g/mol. The number of alkyl halides is 3. The summed E-state index contributed by atoms with van der Waals surface area (Å²) in [5, 5.41) is 13.7. The molecule has 4 rings (SSSR count). The predicted molar refractivity (Wildman–Crippen MR) is 109 cm³/mol. The molecule has 1 atom stereocenters. The molecular formula is C21H24F3N7O. The van der Waals surface area contributed by atoms with Crippen molar-refractivity contribution < 1.29 is 18.0 Å². The van der Waals surface area contributed by atoms with Crippen molar-refractivity contribution >= 4 is 11.7 Å². The van der Waals surface area contributed by atoms with Gasteiger partial charge in [-0.25, -0.2) is 9.97 Å². The van der Waals surface area contributed by atoms with Crippen molar-refractivity contribution in [1.29, 1.82) is 5.26 Å². The van der Waals surface area contributed by atoms with Crippen LogP contribution in [0.2, 0.25) is 0 Å². The number of hydrogen-bond acceptors (Lipinski definition) is 6. The maximum Gasteiger partial charge on any atom is 0.389 e. The first-order valence-corrected chi connectivity index (χ1v) is 10.6. The average Bonchev–Trinajstić information content (AvgIpc) is 3.53. The molecule has 170 valence electrons. The van der Waals surface area contributed by atoms with Crippen molar-refractivity contribution in [1.82, 2.24) is 24.6 Å². The van der Waals surface area contributed by atoms with Crippen LogP contribution in [0.5, 0.6) is 0 Å². The van der Waals surface area contributed by atoms with Crippen molar-refractivity contribution in [3.05, 3.63) is 23.7 Å². The second kappa shape index (κ2) is 8.41. The smallest absolute Gasteiger partial charge is 0.352 e. The van der Waals surface area contributed by atoms with Gasteiger partial charge in [-0.3, -0.25) is 9.48 Å². The van der Waals surface area contributed by atoms with Crippen LogP contribution in [0.15, 0.2) is 12.4 Å². The Morgan fingerprint density at radius 2 is 2.03 bits per heavy atom.